The zero-order valence-corrected chi connectivity index (χ0v) is 12.8. The molecule has 0 saturated heterocycles. The maximum absolute atomic E-state index is 4.64. The summed E-state index contributed by atoms with van der Waals surface area (Å²) in [5.74, 6) is 1.97. The standard InChI is InChI=1S/C17H15N3S/c1-17(2)12-6-3-9-18-15(12)20(14-8-5-11-21-14)16-13(17)7-4-10-19-16/h3-11H,1-2H3. The summed E-state index contributed by atoms with van der Waals surface area (Å²) in [6, 6.07) is 12.5. The van der Waals surface area contributed by atoms with Gasteiger partial charge in [-0.15, -0.1) is 11.3 Å². The molecule has 0 atom stereocenters. The van der Waals surface area contributed by atoms with Crippen LogP contribution >= 0.6 is 11.3 Å². The quantitative estimate of drug-likeness (QED) is 0.654. The van der Waals surface area contributed by atoms with Crippen LogP contribution in [0.2, 0.25) is 0 Å². The van der Waals surface area contributed by atoms with Crippen LogP contribution in [0.3, 0.4) is 0 Å². The van der Waals surface area contributed by atoms with E-state index in [1.54, 1.807) is 11.3 Å². The summed E-state index contributed by atoms with van der Waals surface area (Å²) in [4.78, 5) is 11.5. The minimum absolute atomic E-state index is 0.0963. The molecule has 0 saturated carbocycles. The van der Waals surface area contributed by atoms with E-state index in [4.69, 9.17) is 0 Å². The lowest BCUT2D eigenvalue weighted by atomic mass is 9.76. The summed E-state index contributed by atoms with van der Waals surface area (Å²) in [5.41, 5.74) is 2.37. The van der Waals surface area contributed by atoms with Crippen molar-refractivity contribution >= 4 is 28.0 Å². The van der Waals surface area contributed by atoms with Gasteiger partial charge in [-0.1, -0.05) is 26.0 Å². The van der Waals surface area contributed by atoms with E-state index in [2.05, 4.69) is 58.4 Å². The first-order chi connectivity index (χ1) is 10.2. The van der Waals surface area contributed by atoms with Crippen LogP contribution in [0.4, 0.5) is 16.6 Å². The van der Waals surface area contributed by atoms with E-state index in [-0.39, 0.29) is 5.41 Å². The van der Waals surface area contributed by atoms with Gasteiger partial charge in [-0.2, -0.15) is 0 Å². The molecule has 0 bridgehead atoms. The molecule has 21 heavy (non-hydrogen) atoms. The summed E-state index contributed by atoms with van der Waals surface area (Å²) in [5, 5.41) is 3.23. The highest BCUT2D eigenvalue weighted by atomic mass is 32.1. The third kappa shape index (κ3) is 1.72. The molecule has 1 aliphatic rings. The number of aromatic nitrogens is 2. The first-order valence-electron chi connectivity index (χ1n) is 6.94. The number of thiophene rings is 1. The summed E-state index contributed by atoms with van der Waals surface area (Å²) < 4.78 is 0. The average Bonchev–Trinajstić information content (AvgIpc) is 3.02. The predicted molar refractivity (Wildman–Crippen MR) is 86.7 cm³/mol. The van der Waals surface area contributed by atoms with Gasteiger partial charge in [-0.05, 0) is 29.6 Å². The highest BCUT2D eigenvalue weighted by molar-refractivity contribution is 7.14. The van der Waals surface area contributed by atoms with Gasteiger partial charge in [0, 0.05) is 28.9 Å². The van der Waals surface area contributed by atoms with Crippen LogP contribution in [-0.4, -0.2) is 9.97 Å². The third-order valence-corrected chi connectivity index (χ3v) is 4.92. The van der Waals surface area contributed by atoms with Crippen LogP contribution in [0, 0.1) is 0 Å². The van der Waals surface area contributed by atoms with Crippen molar-refractivity contribution < 1.29 is 0 Å². The first-order valence-corrected chi connectivity index (χ1v) is 7.82. The second-order valence-corrected chi connectivity index (χ2v) is 6.59. The molecule has 3 aromatic rings. The summed E-state index contributed by atoms with van der Waals surface area (Å²) >= 11 is 1.70. The molecule has 0 aromatic carbocycles. The smallest absolute Gasteiger partial charge is 0.143 e. The predicted octanol–water partition coefficient (Wildman–Crippen LogP) is 4.65. The van der Waals surface area contributed by atoms with E-state index in [0.29, 0.717) is 0 Å². The number of fused-ring (bicyclic) bond motifs is 2. The summed E-state index contributed by atoms with van der Waals surface area (Å²) in [6.45, 7) is 4.47. The molecule has 4 rings (SSSR count). The van der Waals surface area contributed by atoms with Crippen molar-refractivity contribution in [2.45, 2.75) is 19.3 Å². The van der Waals surface area contributed by atoms with Crippen molar-refractivity contribution in [2.24, 2.45) is 0 Å². The van der Waals surface area contributed by atoms with Gasteiger partial charge in [0.1, 0.15) is 16.6 Å². The molecule has 0 spiro atoms. The highest BCUT2D eigenvalue weighted by Crippen LogP contribution is 2.50. The van der Waals surface area contributed by atoms with Crippen molar-refractivity contribution in [3.05, 3.63) is 65.3 Å². The Bertz CT molecular complexity index is 744. The van der Waals surface area contributed by atoms with E-state index < -0.39 is 0 Å². The van der Waals surface area contributed by atoms with Crippen molar-refractivity contribution in [1.29, 1.82) is 0 Å². The number of pyridine rings is 2. The first kappa shape index (κ1) is 12.5. The second kappa shape index (κ2) is 4.40. The lowest BCUT2D eigenvalue weighted by Crippen LogP contribution is -2.31. The molecule has 4 heterocycles. The fraction of sp³-hybridized carbons (Fsp3) is 0.176. The van der Waals surface area contributed by atoms with E-state index in [1.807, 2.05) is 24.5 Å². The van der Waals surface area contributed by atoms with Gasteiger partial charge in [0.25, 0.3) is 0 Å². The molecule has 3 aromatic heterocycles. The zero-order valence-electron chi connectivity index (χ0n) is 11.9. The minimum Gasteiger partial charge on any atom is -0.269 e. The van der Waals surface area contributed by atoms with Gasteiger partial charge >= 0.3 is 0 Å². The molecule has 0 aliphatic carbocycles. The SMILES string of the molecule is CC1(C)c2cccnc2N(c2cccs2)c2ncccc21. The maximum atomic E-state index is 4.64. The Labute approximate surface area is 127 Å². The fourth-order valence-electron chi connectivity index (χ4n) is 2.98. The molecule has 0 fully saturated rings. The molecule has 0 amide bonds. The van der Waals surface area contributed by atoms with Crippen LogP contribution < -0.4 is 4.90 Å². The summed E-state index contributed by atoms with van der Waals surface area (Å²) in [7, 11) is 0. The Hall–Kier alpha value is -2.20. The molecule has 1 aliphatic heterocycles. The van der Waals surface area contributed by atoms with Gasteiger partial charge in [0.2, 0.25) is 0 Å². The van der Waals surface area contributed by atoms with E-state index in [0.717, 1.165) is 16.6 Å². The van der Waals surface area contributed by atoms with Gasteiger partial charge in [-0.25, -0.2) is 9.97 Å². The zero-order chi connectivity index (χ0) is 14.4. The second-order valence-electron chi connectivity index (χ2n) is 5.66. The van der Waals surface area contributed by atoms with Crippen LogP contribution in [0.1, 0.15) is 25.0 Å². The molecule has 0 radical (unpaired) electrons. The highest BCUT2D eigenvalue weighted by Gasteiger charge is 2.38. The monoisotopic (exact) mass is 293 g/mol. The lowest BCUT2D eigenvalue weighted by molar-refractivity contribution is 0.623. The lowest BCUT2D eigenvalue weighted by Gasteiger charge is -2.39. The topological polar surface area (TPSA) is 29.0 Å². The van der Waals surface area contributed by atoms with E-state index in [9.17, 15) is 0 Å². The molecule has 4 heteroatoms. The van der Waals surface area contributed by atoms with E-state index >= 15 is 0 Å². The molecular formula is C17H15N3S. The van der Waals surface area contributed by atoms with Gasteiger partial charge in [0.05, 0.1) is 0 Å². The minimum atomic E-state index is -0.0963. The van der Waals surface area contributed by atoms with Crippen molar-refractivity contribution in [3.8, 4) is 0 Å². The van der Waals surface area contributed by atoms with Crippen LogP contribution in [0.5, 0.6) is 0 Å². The van der Waals surface area contributed by atoms with Crippen molar-refractivity contribution in [1.82, 2.24) is 9.97 Å². The van der Waals surface area contributed by atoms with Crippen molar-refractivity contribution in [2.75, 3.05) is 4.90 Å². The molecular weight excluding hydrogens is 278 g/mol. The largest absolute Gasteiger partial charge is 0.269 e. The number of hydrogen-bond donors (Lipinski definition) is 0. The fourth-order valence-corrected chi connectivity index (χ4v) is 3.71. The Kier molecular flexibility index (Phi) is 2.62. The number of rotatable bonds is 1. The molecule has 0 unspecified atom stereocenters. The Morgan fingerprint density at radius 1 is 0.905 bits per heavy atom. The van der Waals surface area contributed by atoms with Crippen LogP contribution in [-0.2, 0) is 5.41 Å². The van der Waals surface area contributed by atoms with Crippen molar-refractivity contribution in [3.63, 3.8) is 0 Å². The molecule has 3 nitrogen and oxygen atoms in total. The Morgan fingerprint density at radius 2 is 1.52 bits per heavy atom. The summed E-state index contributed by atoms with van der Waals surface area (Å²) in [6.07, 6.45) is 3.70. The normalized spacial score (nSPS) is 15.4. The average molecular weight is 293 g/mol. The number of anilines is 3. The van der Waals surface area contributed by atoms with Crippen LogP contribution in [0.25, 0.3) is 0 Å². The molecule has 0 N–H and O–H groups in total. The third-order valence-electron chi connectivity index (χ3n) is 4.07. The molecule has 104 valence electrons. The Morgan fingerprint density at radius 3 is 2.05 bits per heavy atom. The Balaban J connectivity index is 2.06. The van der Waals surface area contributed by atoms with Gasteiger partial charge < -0.3 is 0 Å². The maximum Gasteiger partial charge on any atom is 0.143 e. The van der Waals surface area contributed by atoms with Gasteiger partial charge in [0.15, 0.2) is 0 Å². The van der Waals surface area contributed by atoms with Gasteiger partial charge in [-0.3, -0.25) is 4.90 Å². The van der Waals surface area contributed by atoms with E-state index in [1.165, 1.54) is 11.1 Å². The number of nitrogens with zero attached hydrogens (tertiary/aromatic N) is 3. The number of hydrogen-bond acceptors (Lipinski definition) is 4. The van der Waals surface area contributed by atoms with Crippen LogP contribution in [0.15, 0.2) is 54.2 Å².